The van der Waals surface area contributed by atoms with E-state index in [-0.39, 0.29) is 0 Å². The fourth-order valence-electron chi connectivity index (χ4n) is 1.04. The van der Waals surface area contributed by atoms with Gasteiger partial charge in [-0.25, -0.2) is 0 Å². The molecule has 0 radical (unpaired) electrons. The lowest BCUT2D eigenvalue weighted by Gasteiger charge is -2.10. The van der Waals surface area contributed by atoms with E-state index >= 15 is 0 Å². The Labute approximate surface area is 95.8 Å². The first-order chi connectivity index (χ1) is 7.68. The van der Waals surface area contributed by atoms with Crippen LogP contribution in [0.2, 0.25) is 0 Å². The molecule has 1 heterocycles. The zero-order valence-corrected chi connectivity index (χ0v) is 9.81. The number of nitrogens with zero attached hydrogens (tertiary/aromatic N) is 3. The van der Waals surface area contributed by atoms with E-state index in [1.54, 1.807) is 12.1 Å². The molecule has 0 saturated carbocycles. The molecular formula is C10H19N5O. The summed E-state index contributed by atoms with van der Waals surface area (Å²) in [4.78, 5) is 2.08. The van der Waals surface area contributed by atoms with Crippen LogP contribution in [0.1, 0.15) is 0 Å². The second kappa shape index (κ2) is 6.97. The normalized spacial score (nSPS) is 10.7. The number of rotatable bonds is 7. The van der Waals surface area contributed by atoms with Gasteiger partial charge in [-0.05, 0) is 26.2 Å². The van der Waals surface area contributed by atoms with Gasteiger partial charge in [0.1, 0.15) is 11.6 Å². The minimum absolute atomic E-state index is 0.424. The number of anilines is 2. The maximum absolute atomic E-state index is 5.42. The number of nitrogens with two attached hydrogens (primary N) is 1. The van der Waals surface area contributed by atoms with E-state index in [2.05, 4.69) is 20.4 Å². The van der Waals surface area contributed by atoms with E-state index in [9.17, 15) is 0 Å². The molecule has 0 aromatic carbocycles. The van der Waals surface area contributed by atoms with Crippen LogP contribution in [-0.2, 0) is 4.74 Å². The van der Waals surface area contributed by atoms with E-state index in [4.69, 9.17) is 10.5 Å². The van der Waals surface area contributed by atoms with Gasteiger partial charge in [0.25, 0.3) is 0 Å². The Hall–Kier alpha value is -1.40. The van der Waals surface area contributed by atoms with Gasteiger partial charge in [-0.2, -0.15) is 0 Å². The van der Waals surface area contributed by atoms with Gasteiger partial charge in [0.05, 0.1) is 13.2 Å². The van der Waals surface area contributed by atoms with Crippen LogP contribution in [-0.4, -0.2) is 55.5 Å². The van der Waals surface area contributed by atoms with Crippen molar-refractivity contribution in [1.82, 2.24) is 15.1 Å². The van der Waals surface area contributed by atoms with Gasteiger partial charge in [-0.15, -0.1) is 10.2 Å². The Morgan fingerprint density at radius 3 is 2.75 bits per heavy atom. The van der Waals surface area contributed by atoms with Crippen molar-refractivity contribution in [3.05, 3.63) is 12.1 Å². The van der Waals surface area contributed by atoms with Gasteiger partial charge in [0.2, 0.25) is 0 Å². The maximum atomic E-state index is 5.42. The predicted molar refractivity (Wildman–Crippen MR) is 64.3 cm³/mol. The summed E-state index contributed by atoms with van der Waals surface area (Å²) in [5, 5.41) is 10.7. The molecule has 6 heteroatoms. The van der Waals surface area contributed by atoms with Crippen molar-refractivity contribution in [3.63, 3.8) is 0 Å². The number of likely N-dealkylation sites (N-methyl/N-ethyl adjacent to an activating group) is 1. The van der Waals surface area contributed by atoms with Crippen LogP contribution >= 0.6 is 0 Å². The maximum Gasteiger partial charge on any atom is 0.148 e. The molecule has 16 heavy (non-hydrogen) atoms. The summed E-state index contributed by atoms with van der Waals surface area (Å²) in [6, 6.07) is 3.50. The van der Waals surface area contributed by atoms with Crippen LogP contribution in [0.5, 0.6) is 0 Å². The first-order valence-electron chi connectivity index (χ1n) is 5.24. The molecule has 1 aromatic heterocycles. The molecule has 3 N–H and O–H groups in total. The quantitative estimate of drug-likeness (QED) is 0.639. The van der Waals surface area contributed by atoms with Crippen LogP contribution in [0, 0.1) is 0 Å². The Morgan fingerprint density at radius 1 is 1.31 bits per heavy atom. The van der Waals surface area contributed by atoms with Crippen molar-refractivity contribution in [1.29, 1.82) is 0 Å². The molecule has 0 saturated heterocycles. The van der Waals surface area contributed by atoms with Crippen LogP contribution in [0.4, 0.5) is 11.6 Å². The average Bonchev–Trinajstić information content (AvgIpc) is 2.25. The van der Waals surface area contributed by atoms with Crippen molar-refractivity contribution in [2.24, 2.45) is 0 Å². The first-order valence-corrected chi connectivity index (χ1v) is 5.24. The summed E-state index contributed by atoms with van der Waals surface area (Å²) in [5.74, 6) is 1.14. The van der Waals surface area contributed by atoms with Gasteiger partial charge in [-0.3, -0.25) is 0 Å². The summed E-state index contributed by atoms with van der Waals surface area (Å²) in [6.07, 6.45) is 0. The van der Waals surface area contributed by atoms with Gasteiger partial charge < -0.3 is 20.7 Å². The molecule has 0 amide bonds. The van der Waals surface area contributed by atoms with E-state index < -0.39 is 0 Å². The third-order valence-corrected chi connectivity index (χ3v) is 1.92. The molecule has 0 aliphatic heterocycles. The van der Waals surface area contributed by atoms with Crippen molar-refractivity contribution in [2.45, 2.75) is 0 Å². The molecule has 1 aromatic rings. The molecule has 0 fully saturated rings. The highest BCUT2D eigenvalue weighted by atomic mass is 16.5. The zero-order chi connectivity index (χ0) is 11.8. The Morgan fingerprint density at radius 2 is 2.12 bits per heavy atom. The fourth-order valence-corrected chi connectivity index (χ4v) is 1.04. The van der Waals surface area contributed by atoms with E-state index in [1.807, 2.05) is 14.1 Å². The average molecular weight is 225 g/mol. The molecule has 6 nitrogen and oxygen atoms in total. The van der Waals surface area contributed by atoms with Gasteiger partial charge in [0, 0.05) is 13.1 Å². The van der Waals surface area contributed by atoms with Crippen LogP contribution in [0.25, 0.3) is 0 Å². The highest BCUT2D eigenvalue weighted by molar-refractivity contribution is 5.38. The second-order valence-electron chi connectivity index (χ2n) is 3.69. The molecule has 0 spiro atoms. The molecule has 0 unspecified atom stereocenters. The molecule has 0 aliphatic rings. The lowest BCUT2D eigenvalue weighted by molar-refractivity contribution is 0.126. The number of nitrogen functional groups attached to an aromatic ring is 1. The number of nitrogens with one attached hydrogen (secondary N) is 1. The third kappa shape index (κ3) is 5.47. The minimum Gasteiger partial charge on any atom is -0.382 e. The Kier molecular flexibility index (Phi) is 5.52. The summed E-state index contributed by atoms with van der Waals surface area (Å²) >= 11 is 0. The number of ether oxygens (including phenoxy) is 1. The molecule has 0 atom stereocenters. The second-order valence-corrected chi connectivity index (χ2v) is 3.69. The zero-order valence-electron chi connectivity index (χ0n) is 9.81. The molecule has 1 rings (SSSR count). The van der Waals surface area contributed by atoms with E-state index in [0.717, 1.165) is 13.2 Å². The lowest BCUT2D eigenvalue weighted by atomic mass is 10.5. The summed E-state index contributed by atoms with van der Waals surface area (Å²) in [7, 11) is 4.04. The largest absolute Gasteiger partial charge is 0.382 e. The van der Waals surface area contributed by atoms with Crippen molar-refractivity contribution < 1.29 is 4.74 Å². The van der Waals surface area contributed by atoms with Crippen LogP contribution in [0.3, 0.4) is 0 Å². The number of hydrogen-bond donors (Lipinski definition) is 2. The topological polar surface area (TPSA) is 76.3 Å². The van der Waals surface area contributed by atoms with E-state index in [0.29, 0.717) is 24.8 Å². The Bertz CT molecular complexity index is 288. The number of hydrogen-bond acceptors (Lipinski definition) is 6. The Balaban J connectivity index is 2.05. The SMILES string of the molecule is CN(C)CCOCCNc1ccc(N)nn1. The monoisotopic (exact) mass is 225 g/mol. The smallest absolute Gasteiger partial charge is 0.148 e. The third-order valence-electron chi connectivity index (χ3n) is 1.92. The summed E-state index contributed by atoms with van der Waals surface area (Å²) in [5.41, 5.74) is 5.42. The van der Waals surface area contributed by atoms with Gasteiger partial charge in [-0.1, -0.05) is 0 Å². The predicted octanol–water partition coefficient (Wildman–Crippen LogP) is 0.0489. The summed E-state index contributed by atoms with van der Waals surface area (Å²) in [6.45, 7) is 3.04. The van der Waals surface area contributed by atoms with Gasteiger partial charge >= 0.3 is 0 Å². The molecule has 90 valence electrons. The standard InChI is InChI=1S/C10H19N5O/c1-15(2)6-8-16-7-5-12-10-4-3-9(11)13-14-10/h3-4H,5-8H2,1-2H3,(H2,11,13)(H,12,14). The molecule has 0 aliphatic carbocycles. The van der Waals surface area contributed by atoms with Crippen molar-refractivity contribution in [2.75, 3.05) is 51.4 Å². The fraction of sp³-hybridized carbons (Fsp3) is 0.600. The highest BCUT2D eigenvalue weighted by Gasteiger charge is 1.94. The molecule has 0 bridgehead atoms. The van der Waals surface area contributed by atoms with E-state index in [1.165, 1.54) is 0 Å². The van der Waals surface area contributed by atoms with Crippen LogP contribution in [0.15, 0.2) is 12.1 Å². The highest BCUT2D eigenvalue weighted by Crippen LogP contribution is 2.01. The first kappa shape index (κ1) is 12.7. The minimum atomic E-state index is 0.424. The van der Waals surface area contributed by atoms with Crippen molar-refractivity contribution >= 4 is 11.6 Å². The lowest BCUT2D eigenvalue weighted by Crippen LogP contribution is -2.20. The summed E-state index contributed by atoms with van der Waals surface area (Å²) < 4.78 is 5.41. The van der Waals surface area contributed by atoms with Crippen molar-refractivity contribution in [3.8, 4) is 0 Å². The van der Waals surface area contributed by atoms with Gasteiger partial charge in [0.15, 0.2) is 0 Å². The number of aromatic nitrogens is 2. The molecular weight excluding hydrogens is 206 g/mol. The van der Waals surface area contributed by atoms with Crippen LogP contribution < -0.4 is 11.1 Å².